The maximum absolute atomic E-state index is 12.4. The van der Waals surface area contributed by atoms with E-state index in [0.717, 1.165) is 11.9 Å². The summed E-state index contributed by atoms with van der Waals surface area (Å²) in [6.45, 7) is 1.19. The highest BCUT2D eigenvalue weighted by molar-refractivity contribution is 6.28. The van der Waals surface area contributed by atoms with Crippen molar-refractivity contribution in [2.24, 2.45) is 0 Å². The van der Waals surface area contributed by atoms with Crippen LogP contribution in [0.15, 0.2) is 36.5 Å². The summed E-state index contributed by atoms with van der Waals surface area (Å²) in [6, 6.07) is 8.83. The van der Waals surface area contributed by atoms with E-state index in [0.29, 0.717) is 19.6 Å². The lowest BCUT2D eigenvalue weighted by Crippen LogP contribution is -2.57. The Morgan fingerprint density at radius 1 is 1.35 bits per heavy atom. The fourth-order valence-corrected chi connectivity index (χ4v) is 3.06. The number of carbonyl (C=O) groups excluding carboxylic acids is 1. The van der Waals surface area contributed by atoms with Crippen molar-refractivity contribution >= 4 is 34.8 Å². The Hall–Kier alpha value is -2.94. The minimum absolute atomic E-state index is 0.0121. The third-order valence-corrected chi connectivity index (χ3v) is 4.35. The van der Waals surface area contributed by atoms with Gasteiger partial charge in [-0.25, -0.2) is 9.78 Å². The number of nitro groups is 1. The second-order valence-corrected chi connectivity index (χ2v) is 5.96. The van der Waals surface area contributed by atoms with Crippen molar-refractivity contribution in [1.29, 1.82) is 0 Å². The van der Waals surface area contributed by atoms with Gasteiger partial charge in [0.1, 0.15) is 12.2 Å². The number of rotatable bonds is 4. The van der Waals surface area contributed by atoms with Crippen LogP contribution in [0.25, 0.3) is 0 Å². The van der Waals surface area contributed by atoms with E-state index >= 15 is 0 Å². The van der Waals surface area contributed by atoms with Crippen molar-refractivity contribution < 1.29 is 14.5 Å². The number of methoxy groups -OCH3 is 1. The zero-order valence-electron chi connectivity index (χ0n) is 13.9. The van der Waals surface area contributed by atoms with Gasteiger partial charge < -0.3 is 14.5 Å². The van der Waals surface area contributed by atoms with Crippen molar-refractivity contribution in [2.75, 3.05) is 36.5 Å². The number of nitrogens with zero attached hydrogens (tertiary/aromatic N) is 5. The smallest absolute Gasteiger partial charge is 0.330 e. The Labute approximate surface area is 154 Å². The molecule has 2 heterocycles. The van der Waals surface area contributed by atoms with Gasteiger partial charge in [-0.2, -0.15) is 4.98 Å². The van der Waals surface area contributed by atoms with Crippen LogP contribution in [-0.4, -0.2) is 53.6 Å². The van der Waals surface area contributed by atoms with Crippen LogP contribution in [0.3, 0.4) is 0 Å². The highest BCUT2D eigenvalue weighted by Gasteiger charge is 2.37. The molecule has 1 aromatic carbocycles. The van der Waals surface area contributed by atoms with Gasteiger partial charge in [-0.3, -0.25) is 10.1 Å². The summed E-state index contributed by atoms with van der Waals surface area (Å²) >= 11 is 5.83. The number of anilines is 2. The molecule has 0 spiro atoms. The number of ether oxygens (including phenoxy) is 1. The van der Waals surface area contributed by atoms with Crippen molar-refractivity contribution in [1.82, 2.24) is 9.97 Å². The molecule has 0 aliphatic carbocycles. The summed E-state index contributed by atoms with van der Waals surface area (Å²) in [5, 5.41) is 11.2. The number of piperazine rings is 1. The van der Waals surface area contributed by atoms with Crippen molar-refractivity contribution in [3.05, 3.63) is 51.9 Å². The molecule has 1 aliphatic heterocycles. The molecule has 26 heavy (non-hydrogen) atoms. The normalized spacial score (nSPS) is 17.1. The summed E-state index contributed by atoms with van der Waals surface area (Å²) in [6.07, 6.45) is 1.04. The number of benzene rings is 1. The van der Waals surface area contributed by atoms with Crippen LogP contribution < -0.4 is 9.80 Å². The van der Waals surface area contributed by atoms with E-state index in [-0.39, 0.29) is 16.8 Å². The standard InChI is InChI=1S/C16H16ClN5O4/c1-26-15(23)13-10-20(11-5-3-2-4-6-11)7-8-21(13)14-12(22(24)25)9-18-16(17)19-14/h2-6,9,13H,7-8,10H2,1H3/t13-/m1/s1. The average Bonchev–Trinajstić information content (AvgIpc) is 2.67. The zero-order chi connectivity index (χ0) is 18.7. The van der Waals surface area contributed by atoms with E-state index < -0.39 is 16.9 Å². The first-order valence-electron chi connectivity index (χ1n) is 7.82. The van der Waals surface area contributed by atoms with E-state index in [1.165, 1.54) is 7.11 Å². The van der Waals surface area contributed by atoms with Crippen molar-refractivity contribution in [3.63, 3.8) is 0 Å². The molecule has 0 amide bonds. The molecule has 1 saturated heterocycles. The van der Waals surface area contributed by atoms with Gasteiger partial charge in [0.05, 0.1) is 12.0 Å². The largest absolute Gasteiger partial charge is 0.467 e. The fourth-order valence-electron chi connectivity index (χ4n) is 2.93. The third kappa shape index (κ3) is 3.52. The van der Waals surface area contributed by atoms with Crippen LogP contribution in [-0.2, 0) is 9.53 Å². The van der Waals surface area contributed by atoms with Gasteiger partial charge in [-0.1, -0.05) is 18.2 Å². The second kappa shape index (κ2) is 7.52. The Kier molecular flexibility index (Phi) is 5.17. The van der Waals surface area contributed by atoms with Gasteiger partial charge in [0.25, 0.3) is 0 Å². The molecular formula is C16H16ClN5O4. The summed E-state index contributed by atoms with van der Waals surface area (Å²) in [5.41, 5.74) is 0.646. The van der Waals surface area contributed by atoms with Gasteiger partial charge >= 0.3 is 11.7 Å². The van der Waals surface area contributed by atoms with Gasteiger partial charge in [0.2, 0.25) is 11.1 Å². The monoisotopic (exact) mass is 377 g/mol. The van der Waals surface area contributed by atoms with E-state index in [4.69, 9.17) is 16.3 Å². The molecular weight excluding hydrogens is 362 g/mol. The Bertz CT molecular complexity index is 820. The average molecular weight is 378 g/mol. The first-order chi connectivity index (χ1) is 12.5. The third-order valence-electron chi connectivity index (χ3n) is 4.16. The fraction of sp³-hybridized carbons (Fsp3) is 0.312. The molecule has 1 aromatic heterocycles. The molecule has 0 unspecified atom stereocenters. The minimum Gasteiger partial charge on any atom is -0.467 e. The second-order valence-electron chi connectivity index (χ2n) is 5.62. The van der Waals surface area contributed by atoms with Crippen LogP contribution >= 0.6 is 11.6 Å². The highest BCUT2D eigenvalue weighted by atomic mass is 35.5. The lowest BCUT2D eigenvalue weighted by Gasteiger charge is -2.41. The molecule has 1 aliphatic rings. The van der Waals surface area contributed by atoms with Gasteiger partial charge in [0.15, 0.2) is 0 Å². The molecule has 0 radical (unpaired) electrons. The SMILES string of the molecule is COC(=O)[C@H]1CN(c2ccccc2)CCN1c1nc(Cl)ncc1[N+](=O)[O-]. The predicted molar refractivity (Wildman–Crippen MR) is 95.5 cm³/mol. The number of aromatic nitrogens is 2. The van der Waals surface area contributed by atoms with E-state index in [9.17, 15) is 14.9 Å². The van der Waals surface area contributed by atoms with Crippen LogP contribution in [0.4, 0.5) is 17.2 Å². The Morgan fingerprint density at radius 3 is 2.73 bits per heavy atom. The number of halogens is 1. The molecule has 1 atom stereocenters. The predicted octanol–water partition coefficient (Wildman–Crippen LogP) is 1.91. The Morgan fingerprint density at radius 2 is 2.08 bits per heavy atom. The lowest BCUT2D eigenvalue weighted by molar-refractivity contribution is -0.384. The van der Waals surface area contributed by atoms with E-state index in [1.807, 2.05) is 35.2 Å². The topological polar surface area (TPSA) is 102 Å². The molecule has 10 heteroatoms. The number of hydrogen-bond donors (Lipinski definition) is 0. The first kappa shape index (κ1) is 17.9. The summed E-state index contributed by atoms with van der Waals surface area (Å²) in [7, 11) is 1.28. The lowest BCUT2D eigenvalue weighted by atomic mass is 10.1. The molecule has 3 rings (SSSR count). The molecule has 136 valence electrons. The van der Waals surface area contributed by atoms with Gasteiger partial charge in [-0.15, -0.1) is 0 Å². The molecule has 9 nitrogen and oxygen atoms in total. The van der Waals surface area contributed by atoms with Crippen LogP contribution in [0.1, 0.15) is 0 Å². The van der Waals surface area contributed by atoms with E-state index in [2.05, 4.69) is 9.97 Å². The molecule has 0 saturated carbocycles. The molecule has 2 aromatic rings. The zero-order valence-corrected chi connectivity index (χ0v) is 14.7. The number of esters is 1. The maximum atomic E-state index is 12.4. The Balaban J connectivity index is 1.96. The van der Waals surface area contributed by atoms with E-state index in [1.54, 1.807) is 4.90 Å². The number of para-hydroxylation sites is 1. The van der Waals surface area contributed by atoms with Crippen molar-refractivity contribution in [2.45, 2.75) is 6.04 Å². The summed E-state index contributed by atoms with van der Waals surface area (Å²) in [4.78, 5) is 34.3. The van der Waals surface area contributed by atoms with Gasteiger partial charge in [0, 0.05) is 25.3 Å². The summed E-state index contributed by atoms with van der Waals surface area (Å²) in [5.74, 6) is -0.493. The maximum Gasteiger partial charge on any atom is 0.330 e. The molecule has 0 N–H and O–H groups in total. The van der Waals surface area contributed by atoms with Crippen LogP contribution in [0, 0.1) is 10.1 Å². The minimum atomic E-state index is -0.765. The molecule has 1 fully saturated rings. The quantitative estimate of drug-likeness (QED) is 0.344. The van der Waals surface area contributed by atoms with Crippen LogP contribution in [0.2, 0.25) is 5.28 Å². The summed E-state index contributed by atoms with van der Waals surface area (Å²) < 4.78 is 4.90. The van der Waals surface area contributed by atoms with Gasteiger partial charge in [-0.05, 0) is 23.7 Å². The first-order valence-corrected chi connectivity index (χ1v) is 8.20. The van der Waals surface area contributed by atoms with Crippen LogP contribution in [0.5, 0.6) is 0 Å². The number of carbonyl (C=O) groups is 1. The van der Waals surface area contributed by atoms with Crippen molar-refractivity contribution in [3.8, 4) is 0 Å². The molecule has 0 bridgehead atoms. The highest BCUT2D eigenvalue weighted by Crippen LogP contribution is 2.30. The number of hydrogen-bond acceptors (Lipinski definition) is 8.